The molecule has 1 aromatic rings. The minimum absolute atomic E-state index is 0.554. The Morgan fingerprint density at radius 2 is 2.20 bits per heavy atom. The van der Waals surface area contributed by atoms with Crippen LogP contribution in [-0.2, 0) is 6.54 Å². The van der Waals surface area contributed by atoms with Crippen molar-refractivity contribution in [1.29, 1.82) is 0 Å². The summed E-state index contributed by atoms with van der Waals surface area (Å²) >= 11 is 1.91. The normalized spacial score (nSPS) is 17.1. The van der Waals surface area contributed by atoms with E-state index in [1.807, 2.05) is 11.3 Å². The zero-order valence-corrected chi connectivity index (χ0v) is 10.7. The van der Waals surface area contributed by atoms with Crippen LogP contribution in [-0.4, -0.2) is 11.0 Å². The van der Waals surface area contributed by atoms with E-state index in [1.165, 1.54) is 34.8 Å². The molecule has 1 aromatic heterocycles. The number of nitrogens with zero attached hydrogens (tertiary/aromatic N) is 1. The predicted octanol–water partition coefficient (Wildman–Crippen LogP) is 3.22. The molecule has 0 amide bonds. The lowest BCUT2D eigenvalue weighted by atomic mass is 9.86. The first-order valence-electron chi connectivity index (χ1n) is 5.86. The monoisotopic (exact) mass is 224 g/mol. The third-order valence-corrected chi connectivity index (χ3v) is 4.35. The van der Waals surface area contributed by atoms with Gasteiger partial charge in [-0.15, -0.1) is 11.3 Å². The third kappa shape index (κ3) is 2.58. The lowest BCUT2D eigenvalue weighted by Crippen LogP contribution is -2.21. The van der Waals surface area contributed by atoms with Crippen LogP contribution in [0.25, 0.3) is 0 Å². The van der Waals surface area contributed by atoms with Gasteiger partial charge in [0.1, 0.15) is 0 Å². The first-order chi connectivity index (χ1) is 7.16. The van der Waals surface area contributed by atoms with E-state index in [0.717, 1.165) is 12.5 Å². The van der Waals surface area contributed by atoms with Crippen LogP contribution in [0.2, 0.25) is 0 Å². The van der Waals surface area contributed by atoms with E-state index >= 15 is 0 Å². The zero-order valence-electron chi connectivity index (χ0n) is 9.84. The van der Waals surface area contributed by atoms with Crippen molar-refractivity contribution in [2.75, 3.05) is 0 Å². The highest BCUT2D eigenvalue weighted by atomic mass is 32.1. The second-order valence-corrected chi connectivity index (χ2v) is 5.84. The van der Waals surface area contributed by atoms with Gasteiger partial charge < -0.3 is 5.32 Å². The molecule has 3 heteroatoms. The lowest BCUT2D eigenvalue weighted by molar-refractivity contribution is 0.418. The van der Waals surface area contributed by atoms with Crippen LogP contribution in [0.5, 0.6) is 0 Å². The van der Waals surface area contributed by atoms with Crippen molar-refractivity contribution >= 4 is 11.3 Å². The smallest absolute Gasteiger partial charge is 0.0962 e. The highest BCUT2D eigenvalue weighted by molar-refractivity contribution is 7.11. The van der Waals surface area contributed by atoms with Crippen molar-refractivity contribution in [2.24, 2.45) is 0 Å². The summed E-state index contributed by atoms with van der Waals surface area (Å²) in [7, 11) is 0. The maximum absolute atomic E-state index is 4.69. The average molecular weight is 224 g/mol. The molecule has 0 saturated heterocycles. The molecule has 1 saturated carbocycles. The summed E-state index contributed by atoms with van der Waals surface area (Å²) in [6.45, 7) is 7.48. The molecule has 2 rings (SSSR count). The summed E-state index contributed by atoms with van der Waals surface area (Å²) in [6.07, 6.45) is 4.09. The number of thiazole rings is 1. The Morgan fingerprint density at radius 3 is 2.73 bits per heavy atom. The van der Waals surface area contributed by atoms with E-state index in [4.69, 9.17) is 0 Å². The van der Waals surface area contributed by atoms with Crippen LogP contribution in [0.3, 0.4) is 0 Å². The van der Waals surface area contributed by atoms with Gasteiger partial charge in [-0.3, -0.25) is 0 Å². The maximum Gasteiger partial charge on any atom is 0.0962 e. The Kier molecular flexibility index (Phi) is 3.42. The van der Waals surface area contributed by atoms with E-state index in [9.17, 15) is 0 Å². The number of hydrogen-bond donors (Lipinski definition) is 1. The van der Waals surface area contributed by atoms with Crippen LogP contribution in [0.15, 0.2) is 0 Å². The molecule has 84 valence electrons. The molecule has 1 aliphatic rings. The van der Waals surface area contributed by atoms with Gasteiger partial charge in [0, 0.05) is 23.4 Å². The second kappa shape index (κ2) is 4.62. The molecule has 0 spiro atoms. The molecular weight excluding hydrogens is 204 g/mol. The highest BCUT2D eigenvalue weighted by Crippen LogP contribution is 2.39. The number of rotatable bonds is 4. The Balaban J connectivity index is 2.00. The maximum atomic E-state index is 4.69. The van der Waals surface area contributed by atoms with Gasteiger partial charge in [0.05, 0.1) is 10.7 Å². The fourth-order valence-corrected chi connectivity index (χ4v) is 2.93. The average Bonchev–Trinajstić information content (AvgIpc) is 2.40. The van der Waals surface area contributed by atoms with E-state index in [0.29, 0.717) is 6.04 Å². The van der Waals surface area contributed by atoms with Crippen molar-refractivity contribution in [3.63, 3.8) is 0 Å². The molecule has 0 aromatic carbocycles. The summed E-state index contributed by atoms with van der Waals surface area (Å²) in [6, 6.07) is 0.554. The molecule has 0 radical (unpaired) electrons. The number of aromatic nitrogens is 1. The van der Waals surface area contributed by atoms with Gasteiger partial charge >= 0.3 is 0 Å². The molecular formula is C12H20N2S. The molecule has 0 unspecified atom stereocenters. The van der Waals surface area contributed by atoms with Crippen LogP contribution >= 0.6 is 11.3 Å². The SMILES string of the molecule is Cc1nc(C2CCC2)sc1CNC(C)C. The molecule has 0 atom stereocenters. The Hall–Kier alpha value is -0.410. The molecule has 1 aliphatic carbocycles. The summed E-state index contributed by atoms with van der Waals surface area (Å²) < 4.78 is 0. The van der Waals surface area contributed by atoms with Crippen molar-refractivity contribution in [2.45, 2.75) is 58.5 Å². The fourth-order valence-electron chi connectivity index (χ4n) is 1.74. The first-order valence-corrected chi connectivity index (χ1v) is 6.68. The van der Waals surface area contributed by atoms with E-state index in [2.05, 4.69) is 31.1 Å². The van der Waals surface area contributed by atoms with Gasteiger partial charge in [0.2, 0.25) is 0 Å². The van der Waals surface area contributed by atoms with Gasteiger partial charge in [0.15, 0.2) is 0 Å². The van der Waals surface area contributed by atoms with Gasteiger partial charge in [0.25, 0.3) is 0 Å². The van der Waals surface area contributed by atoms with E-state index in [-0.39, 0.29) is 0 Å². The minimum Gasteiger partial charge on any atom is -0.310 e. The van der Waals surface area contributed by atoms with Gasteiger partial charge in [-0.05, 0) is 19.8 Å². The molecule has 0 aliphatic heterocycles. The van der Waals surface area contributed by atoms with Crippen LogP contribution in [0.1, 0.15) is 54.6 Å². The third-order valence-electron chi connectivity index (χ3n) is 3.03. The largest absolute Gasteiger partial charge is 0.310 e. The Bertz CT molecular complexity index is 326. The molecule has 0 bridgehead atoms. The summed E-state index contributed by atoms with van der Waals surface area (Å²) in [5, 5.41) is 4.84. The highest BCUT2D eigenvalue weighted by Gasteiger charge is 2.23. The molecule has 1 N–H and O–H groups in total. The molecule has 15 heavy (non-hydrogen) atoms. The van der Waals surface area contributed by atoms with Gasteiger partial charge in [-0.25, -0.2) is 4.98 Å². The van der Waals surface area contributed by atoms with Gasteiger partial charge in [-0.2, -0.15) is 0 Å². The standard InChI is InChI=1S/C12H20N2S/c1-8(2)13-7-11-9(3)14-12(15-11)10-5-4-6-10/h8,10,13H,4-7H2,1-3H3. The predicted molar refractivity (Wildman–Crippen MR) is 65.4 cm³/mol. The Labute approximate surface area is 96.1 Å². The quantitative estimate of drug-likeness (QED) is 0.849. The number of nitrogens with one attached hydrogen (secondary N) is 1. The van der Waals surface area contributed by atoms with Crippen LogP contribution in [0, 0.1) is 6.92 Å². The summed E-state index contributed by atoms with van der Waals surface area (Å²) in [5.41, 5.74) is 1.23. The van der Waals surface area contributed by atoms with E-state index in [1.54, 1.807) is 0 Å². The summed E-state index contributed by atoms with van der Waals surface area (Å²) in [5.74, 6) is 0.779. The van der Waals surface area contributed by atoms with Gasteiger partial charge in [-0.1, -0.05) is 20.3 Å². The van der Waals surface area contributed by atoms with Crippen molar-refractivity contribution in [1.82, 2.24) is 10.3 Å². The molecule has 2 nitrogen and oxygen atoms in total. The second-order valence-electron chi connectivity index (χ2n) is 4.72. The zero-order chi connectivity index (χ0) is 10.8. The Morgan fingerprint density at radius 1 is 1.47 bits per heavy atom. The lowest BCUT2D eigenvalue weighted by Gasteiger charge is -2.22. The van der Waals surface area contributed by atoms with Crippen LogP contribution in [0.4, 0.5) is 0 Å². The minimum atomic E-state index is 0.554. The number of hydrogen-bond acceptors (Lipinski definition) is 3. The van der Waals surface area contributed by atoms with Crippen molar-refractivity contribution in [3.05, 3.63) is 15.6 Å². The molecule has 1 fully saturated rings. The molecule has 1 heterocycles. The van der Waals surface area contributed by atoms with Crippen LogP contribution < -0.4 is 5.32 Å². The first kappa shape index (κ1) is 11.1. The van der Waals surface area contributed by atoms with Crippen molar-refractivity contribution in [3.8, 4) is 0 Å². The van der Waals surface area contributed by atoms with Crippen molar-refractivity contribution < 1.29 is 0 Å². The fraction of sp³-hybridized carbons (Fsp3) is 0.750. The van der Waals surface area contributed by atoms with E-state index < -0.39 is 0 Å². The number of aryl methyl sites for hydroxylation is 1. The topological polar surface area (TPSA) is 24.9 Å². The summed E-state index contributed by atoms with van der Waals surface area (Å²) in [4.78, 5) is 6.11.